The molecule has 0 spiro atoms. The number of hydrogen-bond donors (Lipinski definition) is 0. The van der Waals surface area contributed by atoms with Crippen molar-refractivity contribution in [1.29, 1.82) is 0 Å². The van der Waals surface area contributed by atoms with Crippen LogP contribution in [0.15, 0.2) is 140 Å². The highest BCUT2D eigenvalue weighted by molar-refractivity contribution is 7.26. The van der Waals surface area contributed by atoms with Gasteiger partial charge in [0.05, 0.1) is 26.9 Å². The maximum Gasteiger partial charge on any atom is 0.160 e. The van der Waals surface area contributed by atoms with Crippen LogP contribution in [0.4, 0.5) is 0 Å². The number of para-hydroxylation sites is 1. The van der Waals surface area contributed by atoms with Crippen molar-refractivity contribution in [2.75, 3.05) is 0 Å². The largest absolute Gasteiger partial charge is 0.309 e. The minimum Gasteiger partial charge on any atom is -0.309 e. The number of rotatable bonds is 3. The minimum absolute atomic E-state index is 0.0659. The van der Waals surface area contributed by atoms with Crippen molar-refractivity contribution in [2.45, 2.75) is 19.3 Å². The summed E-state index contributed by atoms with van der Waals surface area (Å²) in [6.45, 7) is 4.70. The van der Waals surface area contributed by atoms with E-state index in [9.17, 15) is 0 Å². The van der Waals surface area contributed by atoms with E-state index < -0.39 is 0 Å². The fourth-order valence-corrected chi connectivity index (χ4v) is 8.87. The van der Waals surface area contributed by atoms with Crippen LogP contribution in [0.2, 0.25) is 0 Å². The highest BCUT2D eigenvalue weighted by atomic mass is 32.1. The molecule has 0 N–H and O–H groups in total. The molecule has 0 bridgehead atoms. The highest BCUT2D eigenvalue weighted by Gasteiger charge is 2.36. The van der Waals surface area contributed by atoms with E-state index in [1.54, 1.807) is 11.3 Å². The van der Waals surface area contributed by atoms with Gasteiger partial charge in [0.2, 0.25) is 0 Å². The lowest BCUT2D eigenvalue weighted by Gasteiger charge is -2.21. The summed E-state index contributed by atoms with van der Waals surface area (Å²) < 4.78 is 4.77. The third kappa shape index (κ3) is 3.79. The van der Waals surface area contributed by atoms with Crippen LogP contribution in [-0.2, 0) is 5.41 Å². The summed E-state index contributed by atoms with van der Waals surface area (Å²) in [7, 11) is 0. The summed E-state index contributed by atoms with van der Waals surface area (Å²) in [6.07, 6.45) is 0. The van der Waals surface area contributed by atoms with Gasteiger partial charge in [-0.1, -0.05) is 105 Å². The van der Waals surface area contributed by atoms with Crippen molar-refractivity contribution >= 4 is 53.4 Å². The van der Waals surface area contributed by atoms with Gasteiger partial charge < -0.3 is 4.57 Å². The SMILES string of the molecule is CC1(C)c2ccccc2-c2cc3c4ccccc4n(-c4ccc(-c5nc(-c6ccccc6)c6sc7ccccc7c6n5)cc4)c3cc21. The topological polar surface area (TPSA) is 30.7 Å². The number of benzene rings is 6. The molecule has 0 amide bonds. The summed E-state index contributed by atoms with van der Waals surface area (Å²) >= 11 is 1.77. The molecule has 3 aromatic heterocycles. The van der Waals surface area contributed by atoms with E-state index in [-0.39, 0.29) is 5.41 Å². The molecular formula is C43H29N3S. The second-order valence-electron chi connectivity index (χ2n) is 13.0. The first-order chi connectivity index (χ1) is 23.1. The summed E-state index contributed by atoms with van der Waals surface area (Å²) in [6, 6.07) is 50.3. The Labute approximate surface area is 276 Å². The molecule has 0 fully saturated rings. The number of thiophene rings is 1. The van der Waals surface area contributed by atoms with Crippen LogP contribution in [0.5, 0.6) is 0 Å². The fraction of sp³-hybridized carbons (Fsp3) is 0.0698. The standard InChI is InChI=1S/C43H29N3S/c1-43(2)34-17-9-6-14-29(34)32-24-33-30-15-7-10-18-36(30)46(37(33)25-35(32)43)28-22-20-27(21-23-28)42-44-39(26-12-4-3-5-13-26)41-40(45-42)31-16-8-11-19-38(31)47-41/h3-25H,1-2H3. The van der Waals surface area contributed by atoms with Crippen LogP contribution in [0.25, 0.3) is 81.6 Å². The number of aromatic nitrogens is 3. The molecule has 0 saturated carbocycles. The Morgan fingerprint density at radius 1 is 0.553 bits per heavy atom. The Hall–Kier alpha value is -5.58. The second kappa shape index (κ2) is 9.71. The van der Waals surface area contributed by atoms with Gasteiger partial charge in [-0.15, -0.1) is 11.3 Å². The lowest BCUT2D eigenvalue weighted by molar-refractivity contribution is 0.661. The molecule has 1 aliphatic carbocycles. The number of fused-ring (bicyclic) bond motifs is 9. The third-order valence-electron chi connectivity index (χ3n) is 10.0. The molecule has 222 valence electrons. The van der Waals surface area contributed by atoms with Crippen LogP contribution in [-0.4, -0.2) is 14.5 Å². The Bertz CT molecular complexity index is 2700. The quantitative estimate of drug-likeness (QED) is 0.197. The summed E-state index contributed by atoms with van der Waals surface area (Å²) in [5, 5.41) is 3.72. The highest BCUT2D eigenvalue weighted by Crippen LogP contribution is 2.51. The second-order valence-corrected chi connectivity index (χ2v) is 14.1. The van der Waals surface area contributed by atoms with E-state index in [4.69, 9.17) is 9.97 Å². The monoisotopic (exact) mass is 619 g/mol. The van der Waals surface area contributed by atoms with Crippen LogP contribution < -0.4 is 0 Å². The molecule has 0 unspecified atom stereocenters. The Kier molecular flexibility index (Phi) is 5.50. The summed E-state index contributed by atoms with van der Waals surface area (Å²) in [5.74, 6) is 0.742. The Morgan fingerprint density at radius 3 is 2.13 bits per heavy atom. The van der Waals surface area contributed by atoms with Crippen molar-refractivity contribution in [3.8, 4) is 39.5 Å². The van der Waals surface area contributed by atoms with E-state index in [0.717, 1.165) is 38.5 Å². The first-order valence-electron chi connectivity index (χ1n) is 16.1. The van der Waals surface area contributed by atoms with E-state index in [1.165, 1.54) is 54.1 Å². The van der Waals surface area contributed by atoms with Gasteiger partial charge in [-0.2, -0.15) is 0 Å². The Balaban J connectivity index is 1.16. The zero-order chi connectivity index (χ0) is 31.3. The summed E-state index contributed by atoms with van der Waals surface area (Å²) in [5.41, 5.74) is 13.1. The van der Waals surface area contributed by atoms with Gasteiger partial charge in [0.15, 0.2) is 5.82 Å². The van der Waals surface area contributed by atoms with Crippen LogP contribution in [0.1, 0.15) is 25.0 Å². The molecule has 3 heterocycles. The first kappa shape index (κ1) is 26.6. The van der Waals surface area contributed by atoms with Crippen molar-refractivity contribution in [3.05, 3.63) is 151 Å². The van der Waals surface area contributed by atoms with E-state index in [0.29, 0.717) is 0 Å². The zero-order valence-electron chi connectivity index (χ0n) is 26.0. The Morgan fingerprint density at radius 2 is 1.28 bits per heavy atom. The first-order valence-corrected chi connectivity index (χ1v) is 16.9. The molecule has 9 aromatic rings. The average molecular weight is 620 g/mol. The summed E-state index contributed by atoms with van der Waals surface area (Å²) in [4.78, 5) is 10.4. The molecule has 1 aliphatic rings. The van der Waals surface area contributed by atoms with Crippen molar-refractivity contribution in [3.63, 3.8) is 0 Å². The smallest absolute Gasteiger partial charge is 0.160 e. The van der Waals surface area contributed by atoms with Gasteiger partial charge in [0.25, 0.3) is 0 Å². The van der Waals surface area contributed by atoms with Gasteiger partial charge in [-0.05, 0) is 70.8 Å². The van der Waals surface area contributed by atoms with E-state index in [1.807, 2.05) is 0 Å². The van der Waals surface area contributed by atoms with Gasteiger partial charge in [0.1, 0.15) is 0 Å². The van der Waals surface area contributed by atoms with Crippen molar-refractivity contribution in [1.82, 2.24) is 14.5 Å². The van der Waals surface area contributed by atoms with Crippen molar-refractivity contribution < 1.29 is 0 Å². The van der Waals surface area contributed by atoms with E-state index in [2.05, 4.69) is 158 Å². The van der Waals surface area contributed by atoms with Crippen molar-refractivity contribution in [2.24, 2.45) is 0 Å². The molecule has 47 heavy (non-hydrogen) atoms. The molecule has 0 aliphatic heterocycles. The average Bonchev–Trinajstić information content (AvgIpc) is 3.73. The van der Waals surface area contributed by atoms with E-state index >= 15 is 0 Å². The van der Waals surface area contributed by atoms with Gasteiger partial charge in [-0.25, -0.2) is 9.97 Å². The molecule has 6 aromatic carbocycles. The van der Waals surface area contributed by atoms with Gasteiger partial charge in [0, 0.05) is 43.1 Å². The lowest BCUT2D eigenvalue weighted by Crippen LogP contribution is -2.14. The maximum atomic E-state index is 5.20. The molecular weight excluding hydrogens is 591 g/mol. The normalized spacial score (nSPS) is 13.5. The van der Waals surface area contributed by atoms with Gasteiger partial charge in [-0.3, -0.25) is 0 Å². The molecule has 3 nitrogen and oxygen atoms in total. The molecule has 0 radical (unpaired) electrons. The predicted molar refractivity (Wildman–Crippen MR) is 198 cm³/mol. The van der Waals surface area contributed by atoms with Crippen LogP contribution in [0, 0.1) is 0 Å². The molecule has 0 saturated heterocycles. The molecule has 10 rings (SSSR count). The molecule has 4 heteroatoms. The molecule has 0 atom stereocenters. The fourth-order valence-electron chi connectivity index (χ4n) is 7.71. The maximum absolute atomic E-state index is 5.20. The number of nitrogens with zero attached hydrogens (tertiary/aromatic N) is 3. The van der Waals surface area contributed by atoms with Crippen LogP contribution >= 0.6 is 11.3 Å². The third-order valence-corrected chi connectivity index (χ3v) is 11.2. The van der Waals surface area contributed by atoms with Gasteiger partial charge >= 0.3 is 0 Å². The lowest BCUT2D eigenvalue weighted by atomic mass is 9.82. The minimum atomic E-state index is -0.0659. The van der Waals surface area contributed by atoms with Crippen LogP contribution in [0.3, 0.4) is 0 Å². The number of hydrogen-bond acceptors (Lipinski definition) is 3. The predicted octanol–water partition coefficient (Wildman–Crippen LogP) is 11.6. The zero-order valence-corrected chi connectivity index (χ0v) is 26.8.